The van der Waals surface area contributed by atoms with E-state index >= 15 is 0 Å². The lowest BCUT2D eigenvalue weighted by atomic mass is 10.0. The molecule has 0 aliphatic rings. The average Bonchev–Trinajstić information content (AvgIpc) is 2.46. The molecule has 2 aromatic carbocycles. The molecule has 104 valence electrons. The molecule has 0 saturated carbocycles. The van der Waals surface area contributed by atoms with Gasteiger partial charge in [-0.15, -0.1) is 0 Å². The minimum absolute atomic E-state index is 0.0985. The molecule has 0 atom stereocenters. The Hall–Kier alpha value is -1.86. The van der Waals surface area contributed by atoms with E-state index in [9.17, 15) is 0 Å². The van der Waals surface area contributed by atoms with E-state index in [0.29, 0.717) is 5.92 Å². The van der Waals surface area contributed by atoms with Gasteiger partial charge in [0.15, 0.2) is 0 Å². The highest BCUT2D eigenvalue weighted by Crippen LogP contribution is 2.13. The fourth-order valence-electron chi connectivity index (χ4n) is 2.16. The van der Waals surface area contributed by atoms with Gasteiger partial charge in [-0.3, -0.25) is 0 Å². The van der Waals surface area contributed by atoms with Crippen molar-refractivity contribution in [2.45, 2.75) is 26.9 Å². The Balaban J connectivity index is 2.03. The molecule has 0 unspecified atom stereocenters. The maximum Gasteiger partial charge on any atom is 0.0681 e. The van der Waals surface area contributed by atoms with Crippen molar-refractivity contribution in [3.63, 3.8) is 0 Å². The fourth-order valence-corrected chi connectivity index (χ4v) is 2.16. The van der Waals surface area contributed by atoms with Gasteiger partial charge in [-0.1, -0.05) is 74.5 Å². The van der Waals surface area contributed by atoms with E-state index in [2.05, 4.69) is 50.3 Å². The average molecular weight is 266 g/mol. The van der Waals surface area contributed by atoms with Crippen molar-refractivity contribution in [2.75, 3.05) is 0 Å². The Labute approximate surface area is 121 Å². The molecule has 0 aromatic heterocycles. The van der Waals surface area contributed by atoms with Crippen molar-refractivity contribution >= 4 is 12.2 Å². The molecule has 2 rings (SSSR count). The van der Waals surface area contributed by atoms with Crippen LogP contribution in [0.15, 0.2) is 48.5 Å². The predicted octanol–water partition coefficient (Wildman–Crippen LogP) is 4.55. The van der Waals surface area contributed by atoms with E-state index in [1.807, 2.05) is 24.3 Å². The highest BCUT2D eigenvalue weighted by Gasteiger charge is 1.97. The van der Waals surface area contributed by atoms with Crippen molar-refractivity contribution in [3.8, 4) is 0 Å². The van der Waals surface area contributed by atoms with Crippen LogP contribution in [0.2, 0.25) is 0 Å². The van der Waals surface area contributed by atoms with Gasteiger partial charge in [0.05, 0.1) is 6.61 Å². The lowest BCUT2D eigenvalue weighted by molar-refractivity contribution is 0.282. The van der Waals surface area contributed by atoms with Gasteiger partial charge in [0.25, 0.3) is 0 Å². The molecular weight excluding hydrogens is 244 g/mol. The van der Waals surface area contributed by atoms with Crippen molar-refractivity contribution in [2.24, 2.45) is 5.92 Å². The van der Waals surface area contributed by atoms with E-state index in [1.54, 1.807) is 0 Å². The third-order valence-electron chi connectivity index (χ3n) is 3.25. The zero-order chi connectivity index (χ0) is 14.4. The summed E-state index contributed by atoms with van der Waals surface area (Å²) in [5, 5.41) is 9.01. The number of aliphatic hydroxyl groups excluding tert-OH is 1. The first kappa shape index (κ1) is 14.5. The van der Waals surface area contributed by atoms with Gasteiger partial charge >= 0.3 is 0 Å². The van der Waals surface area contributed by atoms with Crippen LogP contribution in [-0.2, 0) is 13.0 Å². The summed E-state index contributed by atoms with van der Waals surface area (Å²) in [5.74, 6) is 0.696. The topological polar surface area (TPSA) is 20.2 Å². The largest absolute Gasteiger partial charge is 0.392 e. The first-order chi connectivity index (χ1) is 9.67. The molecule has 0 aliphatic heterocycles. The third kappa shape index (κ3) is 4.36. The molecule has 0 heterocycles. The molecule has 0 aliphatic carbocycles. The van der Waals surface area contributed by atoms with Crippen molar-refractivity contribution in [1.82, 2.24) is 0 Å². The standard InChI is InChI=1S/C19H22O/c1-15(2)13-18-9-5-16(6-10-18)3-4-17-7-11-19(14-20)12-8-17/h3-12,15,20H,13-14H2,1-2H3/b4-3+. The number of hydrogen-bond donors (Lipinski definition) is 1. The SMILES string of the molecule is CC(C)Cc1ccc(/C=C/c2ccc(CO)cc2)cc1. The lowest BCUT2D eigenvalue weighted by Crippen LogP contribution is -1.93. The van der Waals surface area contributed by atoms with E-state index in [-0.39, 0.29) is 6.61 Å². The van der Waals surface area contributed by atoms with E-state index in [4.69, 9.17) is 5.11 Å². The Morgan fingerprint density at radius 3 is 1.65 bits per heavy atom. The smallest absolute Gasteiger partial charge is 0.0681 e. The Morgan fingerprint density at radius 2 is 1.25 bits per heavy atom. The van der Waals surface area contributed by atoms with Gasteiger partial charge in [-0.05, 0) is 34.6 Å². The summed E-state index contributed by atoms with van der Waals surface area (Å²) in [7, 11) is 0. The van der Waals surface area contributed by atoms with Gasteiger partial charge in [0.2, 0.25) is 0 Å². The van der Waals surface area contributed by atoms with Gasteiger partial charge < -0.3 is 5.11 Å². The molecule has 20 heavy (non-hydrogen) atoms. The summed E-state index contributed by atoms with van der Waals surface area (Å²) in [6.45, 7) is 4.58. The number of benzene rings is 2. The minimum Gasteiger partial charge on any atom is -0.392 e. The van der Waals surface area contributed by atoms with Crippen LogP contribution in [0.4, 0.5) is 0 Å². The molecule has 1 nitrogen and oxygen atoms in total. The van der Waals surface area contributed by atoms with Crippen LogP contribution in [0.25, 0.3) is 12.2 Å². The van der Waals surface area contributed by atoms with Crippen molar-refractivity contribution < 1.29 is 5.11 Å². The summed E-state index contributed by atoms with van der Waals surface area (Å²) in [4.78, 5) is 0. The Morgan fingerprint density at radius 1 is 0.800 bits per heavy atom. The molecule has 0 amide bonds. The van der Waals surface area contributed by atoms with E-state index < -0.39 is 0 Å². The van der Waals surface area contributed by atoms with Crippen molar-refractivity contribution in [3.05, 3.63) is 70.8 Å². The molecule has 1 N–H and O–H groups in total. The monoisotopic (exact) mass is 266 g/mol. The molecule has 0 radical (unpaired) electrons. The Kier molecular flexibility index (Phi) is 5.14. The molecule has 0 fully saturated rings. The first-order valence-corrected chi connectivity index (χ1v) is 7.14. The van der Waals surface area contributed by atoms with Crippen molar-refractivity contribution in [1.29, 1.82) is 0 Å². The van der Waals surface area contributed by atoms with Gasteiger partial charge in [-0.25, -0.2) is 0 Å². The Bertz CT molecular complexity index is 547. The number of rotatable bonds is 5. The van der Waals surface area contributed by atoms with Crippen LogP contribution in [-0.4, -0.2) is 5.11 Å². The van der Waals surface area contributed by atoms with E-state index in [1.165, 1.54) is 11.1 Å². The third-order valence-corrected chi connectivity index (χ3v) is 3.25. The summed E-state index contributed by atoms with van der Waals surface area (Å²) in [5.41, 5.74) is 4.70. The van der Waals surface area contributed by atoms with Gasteiger partial charge in [0.1, 0.15) is 0 Å². The summed E-state index contributed by atoms with van der Waals surface area (Å²) < 4.78 is 0. The van der Waals surface area contributed by atoms with Crippen LogP contribution in [0.3, 0.4) is 0 Å². The highest BCUT2D eigenvalue weighted by atomic mass is 16.3. The molecule has 0 spiro atoms. The number of aliphatic hydroxyl groups is 1. The molecule has 2 aromatic rings. The lowest BCUT2D eigenvalue weighted by Gasteiger charge is -2.04. The second-order valence-corrected chi connectivity index (χ2v) is 5.57. The zero-order valence-corrected chi connectivity index (χ0v) is 12.2. The van der Waals surface area contributed by atoms with Gasteiger partial charge in [0, 0.05) is 0 Å². The summed E-state index contributed by atoms with van der Waals surface area (Å²) >= 11 is 0. The quantitative estimate of drug-likeness (QED) is 0.787. The highest BCUT2D eigenvalue weighted by molar-refractivity contribution is 5.69. The normalized spacial score (nSPS) is 11.4. The fraction of sp³-hybridized carbons (Fsp3) is 0.263. The molecule has 0 saturated heterocycles. The van der Waals surface area contributed by atoms with Crippen LogP contribution in [0, 0.1) is 5.92 Å². The van der Waals surface area contributed by atoms with Crippen LogP contribution in [0.5, 0.6) is 0 Å². The number of hydrogen-bond acceptors (Lipinski definition) is 1. The predicted molar refractivity (Wildman–Crippen MR) is 86.3 cm³/mol. The molecular formula is C19H22O. The maximum absolute atomic E-state index is 9.01. The summed E-state index contributed by atoms with van der Waals surface area (Å²) in [6.07, 6.45) is 5.35. The summed E-state index contributed by atoms with van der Waals surface area (Å²) in [6, 6.07) is 16.7. The second kappa shape index (κ2) is 7.06. The second-order valence-electron chi connectivity index (χ2n) is 5.57. The van der Waals surface area contributed by atoms with Gasteiger partial charge in [-0.2, -0.15) is 0 Å². The van der Waals surface area contributed by atoms with Crippen LogP contribution >= 0.6 is 0 Å². The first-order valence-electron chi connectivity index (χ1n) is 7.14. The van der Waals surface area contributed by atoms with Crippen LogP contribution < -0.4 is 0 Å². The van der Waals surface area contributed by atoms with Crippen LogP contribution in [0.1, 0.15) is 36.1 Å². The molecule has 1 heteroatoms. The maximum atomic E-state index is 9.01. The van der Waals surface area contributed by atoms with E-state index in [0.717, 1.165) is 17.5 Å². The minimum atomic E-state index is 0.0985. The zero-order valence-electron chi connectivity index (χ0n) is 12.2. The molecule has 0 bridgehead atoms.